The van der Waals surface area contributed by atoms with E-state index in [-0.39, 0.29) is 5.56 Å². The minimum absolute atomic E-state index is 0.264. The van der Waals surface area contributed by atoms with Gasteiger partial charge < -0.3 is 5.11 Å². The summed E-state index contributed by atoms with van der Waals surface area (Å²) in [5, 5.41) is 8.95. The highest BCUT2D eigenvalue weighted by atomic mass is 16.4. The molecule has 0 aromatic carbocycles. The standard InChI is InChI=1S/C10H12N2O2/c1-6-11-5-8(10(13)14)9(12-6)7-3-2-4-7/h5,7H,2-4H2,1H3,(H,13,14). The molecule has 0 bridgehead atoms. The van der Waals surface area contributed by atoms with Gasteiger partial charge in [-0.05, 0) is 19.8 Å². The normalized spacial score (nSPS) is 16.4. The molecular formula is C10H12N2O2. The third-order valence-corrected chi connectivity index (χ3v) is 2.66. The molecule has 1 aliphatic rings. The van der Waals surface area contributed by atoms with Crippen LogP contribution >= 0.6 is 0 Å². The third-order valence-electron chi connectivity index (χ3n) is 2.66. The van der Waals surface area contributed by atoms with Crippen molar-refractivity contribution in [1.29, 1.82) is 0 Å². The van der Waals surface area contributed by atoms with Crippen LogP contribution in [0.2, 0.25) is 0 Å². The van der Waals surface area contributed by atoms with Crippen LogP contribution in [0.25, 0.3) is 0 Å². The van der Waals surface area contributed by atoms with Crippen molar-refractivity contribution in [1.82, 2.24) is 9.97 Å². The summed E-state index contributed by atoms with van der Waals surface area (Å²) >= 11 is 0. The van der Waals surface area contributed by atoms with E-state index in [0.29, 0.717) is 11.7 Å². The van der Waals surface area contributed by atoms with Gasteiger partial charge in [-0.15, -0.1) is 0 Å². The van der Waals surface area contributed by atoms with E-state index in [1.807, 2.05) is 0 Å². The Hall–Kier alpha value is -1.45. The highest BCUT2D eigenvalue weighted by Crippen LogP contribution is 2.36. The van der Waals surface area contributed by atoms with Gasteiger partial charge in [-0.25, -0.2) is 14.8 Å². The number of aromatic nitrogens is 2. The molecule has 2 rings (SSSR count). The molecule has 4 nitrogen and oxygen atoms in total. The largest absolute Gasteiger partial charge is 0.478 e. The van der Waals surface area contributed by atoms with Gasteiger partial charge in [-0.1, -0.05) is 6.42 Å². The average molecular weight is 192 g/mol. The lowest BCUT2D eigenvalue weighted by atomic mass is 9.81. The number of aryl methyl sites for hydroxylation is 1. The molecule has 0 aliphatic heterocycles. The number of carboxylic acids is 1. The molecule has 0 radical (unpaired) electrons. The van der Waals surface area contributed by atoms with Crippen LogP contribution in [-0.4, -0.2) is 21.0 Å². The Bertz CT molecular complexity index is 372. The Balaban J connectivity index is 2.42. The molecule has 0 amide bonds. The van der Waals surface area contributed by atoms with E-state index in [0.717, 1.165) is 18.5 Å². The van der Waals surface area contributed by atoms with Gasteiger partial charge >= 0.3 is 5.97 Å². The van der Waals surface area contributed by atoms with Crippen LogP contribution in [0.15, 0.2) is 6.20 Å². The molecule has 1 fully saturated rings. The highest BCUT2D eigenvalue weighted by Gasteiger charge is 2.26. The summed E-state index contributed by atoms with van der Waals surface area (Å²) in [7, 11) is 0. The van der Waals surface area contributed by atoms with E-state index in [1.54, 1.807) is 6.92 Å². The molecule has 0 unspecified atom stereocenters. The number of rotatable bonds is 2. The van der Waals surface area contributed by atoms with Crippen LogP contribution in [0.5, 0.6) is 0 Å². The van der Waals surface area contributed by atoms with Gasteiger partial charge in [0.25, 0.3) is 0 Å². The summed E-state index contributed by atoms with van der Waals surface area (Å²) in [4.78, 5) is 19.0. The maximum absolute atomic E-state index is 10.9. The van der Waals surface area contributed by atoms with Crippen LogP contribution in [0.4, 0.5) is 0 Å². The molecule has 1 aromatic heterocycles. The number of carbonyl (C=O) groups is 1. The smallest absolute Gasteiger partial charge is 0.339 e. The summed E-state index contributed by atoms with van der Waals surface area (Å²) in [6.07, 6.45) is 4.69. The predicted octanol–water partition coefficient (Wildman–Crippen LogP) is 1.75. The van der Waals surface area contributed by atoms with E-state index < -0.39 is 5.97 Å². The molecule has 4 heteroatoms. The van der Waals surface area contributed by atoms with E-state index in [9.17, 15) is 4.79 Å². The summed E-state index contributed by atoms with van der Waals surface area (Å²) in [6.45, 7) is 1.79. The van der Waals surface area contributed by atoms with Crippen molar-refractivity contribution in [3.8, 4) is 0 Å². The molecule has 1 saturated carbocycles. The number of hydrogen-bond donors (Lipinski definition) is 1. The fourth-order valence-corrected chi connectivity index (χ4v) is 1.65. The zero-order chi connectivity index (χ0) is 10.1. The molecule has 0 spiro atoms. The first-order valence-corrected chi connectivity index (χ1v) is 4.75. The van der Waals surface area contributed by atoms with Crippen molar-refractivity contribution in [2.45, 2.75) is 32.1 Å². The van der Waals surface area contributed by atoms with Crippen LogP contribution in [0.1, 0.15) is 47.1 Å². The Morgan fingerprint density at radius 2 is 2.29 bits per heavy atom. The summed E-state index contributed by atoms with van der Waals surface area (Å²) in [5.74, 6) is 0.0617. The first kappa shape index (κ1) is 9.12. The zero-order valence-corrected chi connectivity index (χ0v) is 8.03. The minimum atomic E-state index is -0.924. The maximum Gasteiger partial charge on any atom is 0.339 e. The molecule has 1 aliphatic carbocycles. The lowest BCUT2D eigenvalue weighted by molar-refractivity contribution is 0.0693. The summed E-state index contributed by atoms with van der Waals surface area (Å²) in [6, 6.07) is 0. The van der Waals surface area contributed by atoms with Gasteiger partial charge in [0.1, 0.15) is 5.82 Å². The van der Waals surface area contributed by atoms with Crippen molar-refractivity contribution in [3.63, 3.8) is 0 Å². The Morgan fingerprint density at radius 3 is 2.79 bits per heavy atom. The molecule has 1 heterocycles. The number of aromatic carboxylic acids is 1. The fraction of sp³-hybridized carbons (Fsp3) is 0.500. The molecule has 0 atom stereocenters. The van der Waals surface area contributed by atoms with Crippen molar-refractivity contribution in [3.05, 3.63) is 23.3 Å². The van der Waals surface area contributed by atoms with Gasteiger partial charge in [-0.2, -0.15) is 0 Å². The average Bonchev–Trinajstić information content (AvgIpc) is 2.00. The lowest BCUT2D eigenvalue weighted by Crippen LogP contribution is -2.17. The zero-order valence-electron chi connectivity index (χ0n) is 8.03. The third kappa shape index (κ3) is 1.47. The van der Waals surface area contributed by atoms with Gasteiger partial charge in [0.15, 0.2) is 0 Å². The SMILES string of the molecule is Cc1ncc(C(=O)O)c(C2CCC2)n1. The maximum atomic E-state index is 10.9. The lowest BCUT2D eigenvalue weighted by Gasteiger charge is -2.25. The minimum Gasteiger partial charge on any atom is -0.478 e. The van der Waals surface area contributed by atoms with Crippen molar-refractivity contribution >= 4 is 5.97 Å². The highest BCUT2D eigenvalue weighted by molar-refractivity contribution is 5.88. The van der Waals surface area contributed by atoms with Crippen molar-refractivity contribution in [2.24, 2.45) is 0 Å². The van der Waals surface area contributed by atoms with Gasteiger partial charge in [0.2, 0.25) is 0 Å². The van der Waals surface area contributed by atoms with E-state index >= 15 is 0 Å². The number of hydrogen-bond acceptors (Lipinski definition) is 3. The topological polar surface area (TPSA) is 63.1 Å². The monoisotopic (exact) mass is 192 g/mol. The Labute approximate surface area is 82.0 Å². The van der Waals surface area contributed by atoms with Crippen LogP contribution in [0.3, 0.4) is 0 Å². The van der Waals surface area contributed by atoms with E-state index in [1.165, 1.54) is 12.6 Å². The van der Waals surface area contributed by atoms with Crippen molar-refractivity contribution in [2.75, 3.05) is 0 Å². The second kappa shape index (κ2) is 3.36. The molecule has 14 heavy (non-hydrogen) atoms. The fourth-order valence-electron chi connectivity index (χ4n) is 1.65. The molecule has 0 saturated heterocycles. The summed E-state index contributed by atoms with van der Waals surface area (Å²) in [5.41, 5.74) is 0.983. The van der Waals surface area contributed by atoms with Crippen molar-refractivity contribution < 1.29 is 9.90 Å². The molecular weight excluding hydrogens is 180 g/mol. The Kier molecular flexibility index (Phi) is 2.19. The number of carboxylic acid groups (broad SMARTS) is 1. The van der Waals surface area contributed by atoms with E-state index in [4.69, 9.17) is 5.11 Å². The second-order valence-corrected chi connectivity index (χ2v) is 3.65. The second-order valence-electron chi connectivity index (χ2n) is 3.65. The van der Waals surface area contributed by atoms with Gasteiger partial charge in [0, 0.05) is 12.1 Å². The molecule has 74 valence electrons. The first-order chi connectivity index (χ1) is 6.68. The molecule has 1 N–H and O–H groups in total. The number of nitrogens with zero attached hydrogens (tertiary/aromatic N) is 2. The van der Waals surface area contributed by atoms with Crippen LogP contribution in [-0.2, 0) is 0 Å². The van der Waals surface area contributed by atoms with Gasteiger partial charge in [0.05, 0.1) is 11.3 Å². The molecule has 1 aromatic rings. The first-order valence-electron chi connectivity index (χ1n) is 4.75. The van der Waals surface area contributed by atoms with Crippen LogP contribution in [0, 0.1) is 6.92 Å². The Morgan fingerprint density at radius 1 is 1.57 bits per heavy atom. The predicted molar refractivity (Wildman–Crippen MR) is 50.3 cm³/mol. The van der Waals surface area contributed by atoms with Gasteiger partial charge in [-0.3, -0.25) is 0 Å². The quantitative estimate of drug-likeness (QED) is 0.775. The summed E-state index contributed by atoms with van der Waals surface area (Å²) < 4.78 is 0. The van der Waals surface area contributed by atoms with E-state index in [2.05, 4.69) is 9.97 Å². The van der Waals surface area contributed by atoms with Crippen LogP contribution < -0.4 is 0 Å².